The lowest BCUT2D eigenvalue weighted by Gasteiger charge is -2.15. The molecule has 0 spiro atoms. The lowest BCUT2D eigenvalue weighted by molar-refractivity contribution is 0.155. The molecule has 0 fully saturated rings. The fourth-order valence-corrected chi connectivity index (χ4v) is 0.885. The van der Waals surface area contributed by atoms with Crippen LogP contribution in [0.2, 0.25) is 0 Å². The standard InChI is InChI=1S/C8H12N2O2/c11-9-6-7-10(12)8-4-2-1-3-5-8/h1-5,9,11-12H,6-7H2. The van der Waals surface area contributed by atoms with E-state index in [2.05, 4.69) is 0 Å². The Hall–Kier alpha value is -1.10. The van der Waals surface area contributed by atoms with Crippen molar-refractivity contribution < 1.29 is 10.4 Å². The Morgan fingerprint density at radius 2 is 1.92 bits per heavy atom. The van der Waals surface area contributed by atoms with Gasteiger partial charge in [-0.2, -0.15) is 0 Å². The molecular weight excluding hydrogens is 156 g/mol. The van der Waals surface area contributed by atoms with E-state index in [1.165, 1.54) is 0 Å². The summed E-state index contributed by atoms with van der Waals surface area (Å²) in [6.07, 6.45) is 0. The molecule has 0 aliphatic carbocycles. The number of hydrogen-bond donors (Lipinski definition) is 3. The highest BCUT2D eigenvalue weighted by atomic mass is 16.5. The summed E-state index contributed by atoms with van der Waals surface area (Å²) in [5.74, 6) is 0. The van der Waals surface area contributed by atoms with Crippen molar-refractivity contribution in [2.45, 2.75) is 0 Å². The van der Waals surface area contributed by atoms with Crippen molar-refractivity contribution in [1.29, 1.82) is 0 Å². The van der Waals surface area contributed by atoms with E-state index in [9.17, 15) is 5.21 Å². The van der Waals surface area contributed by atoms with E-state index < -0.39 is 0 Å². The van der Waals surface area contributed by atoms with Gasteiger partial charge in [-0.25, -0.2) is 5.48 Å². The highest BCUT2D eigenvalue weighted by Gasteiger charge is 1.99. The number of para-hydroxylation sites is 1. The molecule has 0 saturated carbocycles. The quantitative estimate of drug-likeness (QED) is 0.584. The van der Waals surface area contributed by atoms with Crippen LogP contribution >= 0.6 is 0 Å². The minimum Gasteiger partial charge on any atom is -0.317 e. The average Bonchev–Trinajstić information content (AvgIpc) is 2.15. The Morgan fingerprint density at radius 1 is 1.25 bits per heavy atom. The van der Waals surface area contributed by atoms with Crippen LogP contribution in [-0.4, -0.2) is 23.5 Å². The first kappa shape index (κ1) is 8.99. The zero-order valence-electron chi connectivity index (χ0n) is 6.64. The molecule has 4 heteroatoms. The molecule has 0 aliphatic rings. The molecule has 1 rings (SSSR count). The van der Waals surface area contributed by atoms with Crippen LogP contribution in [0.5, 0.6) is 0 Å². The predicted molar refractivity (Wildman–Crippen MR) is 45.4 cm³/mol. The second-order valence-corrected chi connectivity index (χ2v) is 2.37. The van der Waals surface area contributed by atoms with Gasteiger partial charge in [-0.3, -0.25) is 10.3 Å². The molecule has 0 radical (unpaired) electrons. The Labute approximate surface area is 71.0 Å². The van der Waals surface area contributed by atoms with Crippen molar-refractivity contribution in [3.63, 3.8) is 0 Å². The van der Waals surface area contributed by atoms with Gasteiger partial charge in [-0.15, -0.1) is 0 Å². The fourth-order valence-electron chi connectivity index (χ4n) is 0.885. The van der Waals surface area contributed by atoms with Gasteiger partial charge >= 0.3 is 0 Å². The van der Waals surface area contributed by atoms with Crippen molar-refractivity contribution in [1.82, 2.24) is 5.48 Å². The molecule has 4 nitrogen and oxygen atoms in total. The molecule has 0 saturated heterocycles. The predicted octanol–water partition coefficient (Wildman–Crippen LogP) is 0.861. The first-order chi connectivity index (χ1) is 5.84. The summed E-state index contributed by atoms with van der Waals surface area (Å²) >= 11 is 0. The molecule has 0 aliphatic heterocycles. The SMILES string of the molecule is ONCCN(O)c1ccccc1. The van der Waals surface area contributed by atoms with Gasteiger partial charge < -0.3 is 5.21 Å². The Bertz CT molecular complexity index is 216. The highest BCUT2D eigenvalue weighted by molar-refractivity contribution is 5.42. The van der Waals surface area contributed by atoms with E-state index in [0.717, 1.165) is 5.06 Å². The van der Waals surface area contributed by atoms with Crippen molar-refractivity contribution >= 4 is 5.69 Å². The fraction of sp³-hybridized carbons (Fsp3) is 0.250. The van der Waals surface area contributed by atoms with Gasteiger partial charge in [0.2, 0.25) is 0 Å². The zero-order valence-corrected chi connectivity index (χ0v) is 6.64. The summed E-state index contributed by atoms with van der Waals surface area (Å²) in [4.78, 5) is 0. The van der Waals surface area contributed by atoms with Gasteiger partial charge in [0, 0.05) is 6.54 Å². The molecule has 66 valence electrons. The third kappa shape index (κ3) is 2.50. The molecule has 1 aromatic rings. The maximum absolute atomic E-state index is 9.33. The van der Waals surface area contributed by atoms with E-state index in [-0.39, 0.29) is 0 Å². The van der Waals surface area contributed by atoms with E-state index in [0.29, 0.717) is 18.8 Å². The summed E-state index contributed by atoms with van der Waals surface area (Å²) in [5.41, 5.74) is 2.68. The molecule has 12 heavy (non-hydrogen) atoms. The minimum atomic E-state index is 0.325. The van der Waals surface area contributed by atoms with Crippen molar-refractivity contribution in [3.05, 3.63) is 30.3 Å². The molecular formula is C8H12N2O2. The first-order valence-corrected chi connectivity index (χ1v) is 3.73. The summed E-state index contributed by atoms with van der Waals surface area (Å²) in [7, 11) is 0. The van der Waals surface area contributed by atoms with Gasteiger partial charge in [0.25, 0.3) is 0 Å². The molecule has 0 amide bonds. The van der Waals surface area contributed by atoms with E-state index in [4.69, 9.17) is 5.21 Å². The molecule has 0 heterocycles. The Kier molecular flexibility index (Phi) is 3.53. The molecule has 0 bridgehead atoms. The van der Waals surface area contributed by atoms with Crippen LogP contribution in [-0.2, 0) is 0 Å². The maximum atomic E-state index is 9.33. The number of nitrogens with zero attached hydrogens (tertiary/aromatic N) is 1. The van der Waals surface area contributed by atoms with Crippen LogP contribution < -0.4 is 10.5 Å². The van der Waals surface area contributed by atoms with Crippen LogP contribution in [0.15, 0.2) is 30.3 Å². The van der Waals surface area contributed by atoms with Gasteiger partial charge in [-0.05, 0) is 12.1 Å². The number of nitrogens with one attached hydrogen (secondary N) is 1. The van der Waals surface area contributed by atoms with Crippen LogP contribution in [0, 0.1) is 0 Å². The molecule has 3 N–H and O–H groups in total. The largest absolute Gasteiger partial charge is 0.317 e. The van der Waals surface area contributed by atoms with Gasteiger partial charge in [0.15, 0.2) is 0 Å². The normalized spacial score (nSPS) is 9.83. The lowest BCUT2D eigenvalue weighted by Crippen LogP contribution is -2.27. The van der Waals surface area contributed by atoms with Gasteiger partial charge in [-0.1, -0.05) is 18.2 Å². The average molecular weight is 168 g/mol. The molecule has 0 unspecified atom stereocenters. The third-order valence-electron chi connectivity index (χ3n) is 1.49. The van der Waals surface area contributed by atoms with E-state index in [1.807, 2.05) is 23.7 Å². The third-order valence-corrected chi connectivity index (χ3v) is 1.49. The van der Waals surface area contributed by atoms with Crippen LogP contribution in [0.1, 0.15) is 0 Å². The smallest absolute Gasteiger partial charge is 0.0634 e. The topological polar surface area (TPSA) is 55.7 Å². The number of hydroxylamine groups is 2. The van der Waals surface area contributed by atoms with Crippen LogP contribution in [0.25, 0.3) is 0 Å². The molecule has 0 aromatic heterocycles. The lowest BCUT2D eigenvalue weighted by atomic mass is 10.3. The van der Waals surface area contributed by atoms with Gasteiger partial charge in [0.1, 0.15) is 0 Å². The first-order valence-electron chi connectivity index (χ1n) is 3.73. The van der Waals surface area contributed by atoms with E-state index in [1.54, 1.807) is 12.1 Å². The minimum absolute atomic E-state index is 0.325. The molecule has 0 atom stereocenters. The van der Waals surface area contributed by atoms with E-state index >= 15 is 0 Å². The Morgan fingerprint density at radius 3 is 2.50 bits per heavy atom. The van der Waals surface area contributed by atoms with Crippen LogP contribution in [0.3, 0.4) is 0 Å². The molecule has 1 aromatic carbocycles. The van der Waals surface area contributed by atoms with Crippen molar-refractivity contribution in [2.24, 2.45) is 0 Å². The van der Waals surface area contributed by atoms with Crippen LogP contribution in [0.4, 0.5) is 5.69 Å². The summed E-state index contributed by atoms with van der Waals surface area (Å²) in [6, 6.07) is 9.13. The second kappa shape index (κ2) is 4.71. The van der Waals surface area contributed by atoms with Crippen molar-refractivity contribution in [2.75, 3.05) is 18.2 Å². The summed E-state index contributed by atoms with van der Waals surface area (Å²) in [5, 5.41) is 18.7. The number of anilines is 1. The number of hydrogen-bond acceptors (Lipinski definition) is 4. The van der Waals surface area contributed by atoms with Gasteiger partial charge in [0.05, 0.1) is 12.2 Å². The van der Waals surface area contributed by atoms with Crippen molar-refractivity contribution in [3.8, 4) is 0 Å². The number of benzene rings is 1. The summed E-state index contributed by atoms with van der Waals surface area (Å²) in [6.45, 7) is 0.673. The maximum Gasteiger partial charge on any atom is 0.0634 e. The highest BCUT2D eigenvalue weighted by Crippen LogP contribution is 2.09. The Balaban J connectivity index is 2.48. The number of rotatable bonds is 4. The monoisotopic (exact) mass is 168 g/mol. The zero-order chi connectivity index (χ0) is 8.81. The second-order valence-electron chi connectivity index (χ2n) is 2.37. The summed E-state index contributed by atoms with van der Waals surface area (Å²) < 4.78 is 0.